The summed E-state index contributed by atoms with van der Waals surface area (Å²) in [5, 5.41) is 10.6. The summed E-state index contributed by atoms with van der Waals surface area (Å²) in [5.41, 5.74) is -0.228. The Bertz CT molecular complexity index is 582. The third-order valence-electron chi connectivity index (χ3n) is 3.47. The van der Waals surface area contributed by atoms with E-state index in [9.17, 15) is 13.5 Å². The summed E-state index contributed by atoms with van der Waals surface area (Å²) in [6.45, 7) is 2.66. The standard InChI is InChI=1S/C13H18ClNO4S/c1-10-2-3-11(8-12(10)14)20(17,18)15-9-13(16)4-6-19-7-5-13/h2-3,8,15-16H,4-7,9H2,1H3. The molecule has 0 spiro atoms. The molecule has 1 saturated heterocycles. The molecule has 0 radical (unpaired) electrons. The summed E-state index contributed by atoms with van der Waals surface area (Å²) in [7, 11) is -3.67. The van der Waals surface area contributed by atoms with Crippen LogP contribution in [0.3, 0.4) is 0 Å². The first-order valence-corrected chi connectivity index (χ1v) is 8.24. The molecule has 7 heteroatoms. The van der Waals surface area contributed by atoms with Gasteiger partial charge in [-0.25, -0.2) is 13.1 Å². The van der Waals surface area contributed by atoms with E-state index in [-0.39, 0.29) is 11.4 Å². The van der Waals surface area contributed by atoms with Crippen LogP contribution < -0.4 is 4.72 Å². The molecule has 2 N–H and O–H groups in total. The van der Waals surface area contributed by atoms with Crippen molar-refractivity contribution in [1.82, 2.24) is 4.72 Å². The largest absolute Gasteiger partial charge is 0.388 e. The summed E-state index contributed by atoms with van der Waals surface area (Å²) in [6.07, 6.45) is 0.842. The predicted octanol–water partition coefficient (Wildman–Crippen LogP) is 1.47. The van der Waals surface area contributed by atoms with E-state index >= 15 is 0 Å². The highest BCUT2D eigenvalue weighted by atomic mass is 35.5. The second kappa shape index (κ2) is 5.99. The number of aryl methyl sites for hydroxylation is 1. The zero-order valence-corrected chi connectivity index (χ0v) is 12.8. The average Bonchev–Trinajstić information content (AvgIpc) is 2.41. The molecule has 1 aromatic carbocycles. The van der Waals surface area contributed by atoms with Gasteiger partial charge in [0.2, 0.25) is 10.0 Å². The van der Waals surface area contributed by atoms with Gasteiger partial charge >= 0.3 is 0 Å². The van der Waals surface area contributed by atoms with Crippen LogP contribution in [0.15, 0.2) is 23.1 Å². The van der Waals surface area contributed by atoms with E-state index in [0.29, 0.717) is 31.1 Å². The van der Waals surface area contributed by atoms with Crippen LogP contribution in [-0.4, -0.2) is 38.9 Å². The van der Waals surface area contributed by atoms with E-state index in [2.05, 4.69) is 4.72 Å². The molecule has 112 valence electrons. The van der Waals surface area contributed by atoms with Gasteiger partial charge in [0.15, 0.2) is 0 Å². The van der Waals surface area contributed by atoms with E-state index in [1.54, 1.807) is 13.0 Å². The molecule has 0 amide bonds. The predicted molar refractivity (Wildman–Crippen MR) is 76.4 cm³/mol. The Balaban J connectivity index is 2.09. The van der Waals surface area contributed by atoms with Crippen LogP contribution in [0.4, 0.5) is 0 Å². The van der Waals surface area contributed by atoms with Gasteiger partial charge in [-0.3, -0.25) is 0 Å². The Labute approximate surface area is 124 Å². The van der Waals surface area contributed by atoms with Crippen LogP contribution in [0.1, 0.15) is 18.4 Å². The number of nitrogens with one attached hydrogen (secondary N) is 1. The molecule has 0 unspecified atom stereocenters. The van der Waals surface area contributed by atoms with E-state index in [0.717, 1.165) is 5.56 Å². The third-order valence-corrected chi connectivity index (χ3v) is 5.27. The van der Waals surface area contributed by atoms with Crippen molar-refractivity contribution >= 4 is 21.6 Å². The summed E-state index contributed by atoms with van der Waals surface area (Å²) in [6, 6.07) is 4.56. The van der Waals surface area contributed by atoms with Crippen molar-refractivity contribution in [2.45, 2.75) is 30.3 Å². The highest BCUT2D eigenvalue weighted by Gasteiger charge is 2.31. The fourth-order valence-corrected chi connectivity index (χ4v) is 3.37. The van der Waals surface area contributed by atoms with E-state index in [1.807, 2.05) is 0 Å². The molecule has 0 saturated carbocycles. The fourth-order valence-electron chi connectivity index (χ4n) is 1.98. The number of aliphatic hydroxyl groups is 1. The van der Waals surface area contributed by atoms with Crippen LogP contribution >= 0.6 is 11.6 Å². The quantitative estimate of drug-likeness (QED) is 0.881. The summed E-state index contributed by atoms with van der Waals surface area (Å²) in [5.74, 6) is 0. The van der Waals surface area contributed by atoms with Gasteiger partial charge < -0.3 is 9.84 Å². The molecule has 0 aliphatic carbocycles. The van der Waals surface area contributed by atoms with Gasteiger partial charge in [0.05, 0.1) is 10.5 Å². The average molecular weight is 320 g/mol. The number of halogens is 1. The van der Waals surface area contributed by atoms with Crippen LogP contribution in [-0.2, 0) is 14.8 Å². The second-order valence-electron chi connectivity index (χ2n) is 5.07. The highest BCUT2D eigenvalue weighted by molar-refractivity contribution is 7.89. The van der Waals surface area contributed by atoms with Crippen molar-refractivity contribution in [3.05, 3.63) is 28.8 Å². The van der Waals surface area contributed by atoms with Crippen molar-refractivity contribution < 1.29 is 18.3 Å². The minimum absolute atomic E-state index is 0.0236. The topological polar surface area (TPSA) is 75.6 Å². The molecular formula is C13H18ClNO4S. The molecule has 1 aromatic rings. The lowest BCUT2D eigenvalue weighted by atomic mass is 9.95. The molecular weight excluding hydrogens is 302 g/mol. The van der Waals surface area contributed by atoms with Gasteiger partial charge in [0, 0.05) is 37.6 Å². The lowest BCUT2D eigenvalue weighted by Crippen LogP contribution is -2.46. The molecule has 0 atom stereocenters. The lowest BCUT2D eigenvalue weighted by molar-refractivity contribution is -0.0588. The van der Waals surface area contributed by atoms with Gasteiger partial charge in [-0.1, -0.05) is 17.7 Å². The van der Waals surface area contributed by atoms with Crippen molar-refractivity contribution in [1.29, 1.82) is 0 Å². The molecule has 0 aromatic heterocycles. The molecule has 20 heavy (non-hydrogen) atoms. The molecule has 2 rings (SSSR count). The maximum atomic E-state index is 12.2. The number of ether oxygens (including phenoxy) is 1. The van der Waals surface area contributed by atoms with Gasteiger partial charge in [0.1, 0.15) is 0 Å². The van der Waals surface area contributed by atoms with Crippen molar-refractivity contribution in [3.8, 4) is 0 Å². The molecule has 0 bridgehead atoms. The van der Waals surface area contributed by atoms with Crippen molar-refractivity contribution in [2.75, 3.05) is 19.8 Å². The summed E-state index contributed by atoms with van der Waals surface area (Å²) in [4.78, 5) is 0.101. The van der Waals surface area contributed by atoms with Gasteiger partial charge in [-0.15, -0.1) is 0 Å². The Morgan fingerprint density at radius 3 is 2.65 bits per heavy atom. The Hall–Kier alpha value is -0.660. The summed E-state index contributed by atoms with van der Waals surface area (Å²) >= 11 is 5.94. The molecule has 1 aliphatic heterocycles. The Morgan fingerprint density at radius 2 is 2.05 bits per heavy atom. The SMILES string of the molecule is Cc1ccc(S(=O)(=O)NCC2(O)CCOCC2)cc1Cl. The normalized spacial score (nSPS) is 18.9. The van der Waals surface area contributed by atoms with Crippen LogP contribution in [0.5, 0.6) is 0 Å². The smallest absolute Gasteiger partial charge is 0.240 e. The first-order chi connectivity index (χ1) is 9.32. The first kappa shape index (κ1) is 15.7. The van der Waals surface area contributed by atoms with Gasteiger partial charge in [-0.05, 0) is 24.6 Å². The first-order valence-electron chi connectivity index (χ1n) is 6.38. The number of hydrogen-bond donors (Lipinski definition) is 2. The molecule has 5 nitrogen and oxygen atoms in total. The molecule has 1 heterocycles. The number of rotatable bonds is 4. The van der Waals surface area contributed by atoms with Crippen LogP contribution in [0.25, 0.3) is 0 Å². The number of benzene rings is 1. The zero-order chi connectivity index (χ0) is 14.8. The molecule has 1 aliphatic rings. The lowest BCUT2D eigenvalue weighted by Gasteiger charge is -2.31. The highest BCUT2D eigenvalue weighted by Crippen LogP contribution is 2.22. The van der Waals surface area contributed by atoms with Crippen molar-refractivity contribution in [3.63, 3.8) is 0 Å². The Kier molecular flexibility index (Phi) is 4.71. The van der Waals surface area contributed by atoms with Gasteiger partial charge in [0.25, 0.3) is 0 Å². The number of hydrogen-bond acceptors (Lipinski definition) is 4. The van der Waals surface area contributed by atoms with Crippen LogP contribution in [0.2, 0.25) is 5.02 Å². The molecule has 1 fully saturated rings. The number of sulfonamides is 1. The minimum atomic E-state index is -3.67. The maximum absolute atomic E-state index is 12.2. The summed E-state index contributed by atoms with van der Waals surface area (Å²) < 4.78 is 31.9. The minimum Gasteiger partial charge on any atom is -0.388 e. The zero-order valence-electron chi connectivity index (χ0n) is 11.2. The van der Waals surface area contributed by atoms with E-state index < -0.39 is 15.6 Å². The second-order valence-corrected chi connectivity index (χ2v) is 7.25. The maximum Gasteiger partial charge on any atom is 0.240 e. The monoisotopic (exact) mass is 319 g/mol. The van der Waals surface area contributed by atoms with E-state index in [1.165, 1.54) is 12.1 Å². The van der Waals surface area contributed by atoms with Crippen molar-refractivity contribution in [2.24, 2.45) is 0 Å². The van der Waals surface area contributed by atoms with Crippen LogP contribution in [0, 0.1) is 6.92 Å². The third kappa shape index (κ3) is 3.71. The fraction of sp³-hybridized carbons (Fsp3) is 0.538. The Morgan fingerprint density at radius 1 is 1.40 bits per heavy atom. The van der Waals surface area contributed by atoms with E-state index in [4.69, 9.17) is 16.3 Å². The van der Waals surface area contributed by atoms with Gasteiger partial charge in [-0.2, -0.15) is 0 Å².